The van der Waals surface area contributed by atoms with E-state index in [1.807, 2.05) is 12.1 Å². The van der Waals surface area contributed by atoms with Crippen molar-refractivity contribution in [2.45, 2.75) is 19.4 Å². The van der Waals surface area contributed by atoms with Crippen LogP contribution in [0, 0.1) is 0 Å². The molecule has 0 bridgehead atoms. The van der Waals surface area contributed by atoms with E-state index in [1.54, 1.807) is 48.2 Å². The minimum absolute atomic E-state index is 0.144. The fourth-order valence-electron chi connectivity index (χ4n) is 2.86. The minimum Gasteiger partial charge on any atom is -0.479 e. The summed E-state index contributed by atoms with van der Waals surface area (Å²) in [5.74, 6) is 0.252. The van der Waals surface area contributed by atoms with Crippen LogP contribution in [0.5, 0.6) is 5.75 Å². The van der Waals surface area contributed by atoms with Crippen LogP contribution >= 0.6 is 0 Å². The molecule has 4 amide bonds. The highest BCUT2D eigenvalue weighted by Crippen LogP contribution is 2.33. The number of nitrogens with one attached hydrogen (secondary N) is 3. The molecule has 0 fully saturated rings. The van der Waals surface area contributed by atoms with Gasteiger partial charge < -0.3 is 25.6 Å². The third-order valence-corrected chi connectivity index (χ3v) is 4.29. The number of ether oxygens (including phenoxy) is 1. The number of fused-ring (bicyclic) bond motifs is 1. The summed E-state index contributed by atoms with van der Waals surface area (Å²) in [5, 5.41) is 7.89. The third kappa shape index (κ3) is 4.40. The minimum atomic E-state index is -0.585. The van der Waals surface area contributed by atoms with E-state index in [-0.39, 0.29) is 30.8 Å². The molecule has 1 aliphatic heterocycles. The molecule has 1 heterocycles. The Morgan fingerprint density at radius 1 is 1.04 bits per heavy atom. The van der Waals surface area contributed by atoms with Gasteiger partial charge >= 0.3 is 6.03 Å². The number of amides is 4. The van der Waals surface area contributed by atoms with Crippen LogP contribution in [0.3, 0.4) is 0 Å². The van der Waals surface area contributed by atoms with Gasteiger partial charge in [-0.2, -0.15) is 0 Å². The molecule has 3 N–H and O–H groups in total. The van der Waals surface area contributed by atoms with E-state index in [1.165, 1.54) is 7.05 Å². The number of rotatable bonds is 5. The molecule has 0 radical (unpaired) electrons. The predicted octanol–water partition coefficient (Wildman–Crippen LogP) is 2.58. The average Bonchev–Trinajstić information content (AvgIpc) is 2.69. The Labute approximate surface area is 162 Å². The van der Waals surface area contributed by atoms with Crippen molar-refractivity contribution < 1.29 is 19.1 Å². The summed E-state index contributed by atoms with van der Waals surface area (Å²) in [6.45, 7) is 1.95. The van der Waals surface area contributed by atoms with Crippen LogP contribution in [-0.4, -0.2) is 37.5 Å². The molecule has 8 nitrogen and oxygen atoms in total. The molecule has 146 valence electrons. The van der Waals surface area contributed by atoms with E-state index in [4.69, 9.17) is 4.74 Å². The second-order valence-electron chi connectivity index (χ2n) is 6.30. The van der Waals surface area contributed by atoms with Crippen molar-refractivity contribution >= 4 is 34.9 Å². The van der Waals surface area contributed by atoms with E-state index in [0.717, 1.165) is 0 Å². The van der Waals surface area contributed by atoms with Crippen LogP contribution in [0.2, 0.25) is 0 Å². The number of carbonyl (C=O) groups excluding carboxylic acids is 3. The van der Waals surface area contributed by atoms with Gasteiger partial charge in [-0.1, -0.05) is 12.1 Å². The zero-order chi connectivity index (χ0) is 20.1. The summed E-state index contributed by atoms with van der Waals surface area (Å²) in [5.41, 5.74) is 1.89. The van der Waals surface area contributed by atoms with Gasteiger partial charge in [0.2, 0.25) is 5.91 Å². The van der Waals surface area contributed by atoms with Crippen molar-refractivity contribution in [3.63, 3.8) is 0 Å². The summed E-state index contributed by atoms with van der Waals surface area (Å²) >= 11 is 0. The van der Waals surface area contributed by atoms with Gasteiger partial charge in [-0.15, -0.1) is 0 Å². The topological polar surface area (TPSA) is 99.8 Å². The SMILES string of the molecule is CNC(=O)Nc1ccc(NC(=O)CCN2C(=O)C(C)Oc3ccccc32)cc1. The molecule has 28 heavy (non-hydrogen) atoms. The highest BCUT2D eigenvalue weighted by molar-refractivity contribution is 6.01. The van der Waals surface area contributed by atoms with Crippen molar-refractivity contribution in [1.82, 2.24) is 5.32 Å². The van der Waals surface area contributed by atoms with Gasteiger partial charge in [0.15, 0.2) is 6.10 Å². The molecule has 0 saturated carbocycles. The lowest BCUT2D eigenvalue weighted by molar-refractivity contribution is -0.125. The number of hydrogen-bond donors (Lipinski definition) is 3. The van der Waals surface area contributed by atoms with Gasteiger partial charge in [0.05, 0.1) is 5.69 Å². The largest absolute Gasteiger partial charge is 0.479 e. The number of nitrogens with zero attached hydrogens (tertiary/aromatic N) is 1. The Hall–Kier alpha value is -3.55. The molecule has 0 aliphatic carbocycles. The van der Waals surface area contributed by atoms with Gasteiger partial charge in [0.25, 0.3) is 5.91 Å². The first-order valence-corrected chi connectivity index (χ1v) is 8.93. The lowest BCUT2D eigenvalue weighted by Crippen LogP contribution is -2.45. The molecular formula is C20H22N4O4. The van der Waals surface area contributed by atoms with Crippen LogP contribution in [-0.2, 0) is 9.59 Å². The quantitative estimate of drug-likeness (QED) is 0.740. The number of carbonyl (C=O) groups is 3. The standard InChI is InChI=1S/C20H22N4O4/c1-13-19(26)24(16-5-3-4-6-17(16)28-13)12-11-18(25)22-14-7-9-15(10-8-14)23-20(27)21-2/h3-10,13H,11-12H2,1-2H3,(H,22,25)(H2,21,23,27). The molecule has 1 atom stereocenters. The zero-order valence-electron chi connectivity index (χ0n) is 15.7. The van der Waals surface area contributed by atoms with E-state index < -0.39 is 6.10 Å². The Morgan fingerprint density at radius 3 is 2.36 bits per heavy atom. The monoisotopic (exact) mass is 382 g/mol. The fourth-order valence-corrected chi connectivity index (χ4v) is 2.86. The van der Waals surface area contributed by atoms with Crippen LogP contribution < -0.4 is 25.6 Å². The first-order valence-electron chi connectivity index (χ1n) is 8.93. The number of anilines is 3. The number of benzene rings is 2. The van der Waals surface area contributed by atoms with E-state index in [2.05, 4.69) is 16.0 Å². The molecule has 2 aromatic rings. The van der Waals surface area contributed by atoms with Crippen LogP contribution in [0.4, 0.5) is 21.9 Å². The summed E-state index contributed by atoms with van der Waals surface area (Å²) in [4.78, 5) is 37.6. The third-order valence-electron chi connectivity index (χ3n) is 4.29. The van der Waals surface area contributed by atoms with E-state index in [9.17, 15) is 14.4 Å². The molecule has 0 saturated heterocycles. The molecule has 0 spiro atoms. The van der Waals surface area contributed by atoms with Crippen molar-refractivity contribution in [3.05, 3.63) is 48.5 Å². The predicted molar refractivity (Wildman–Crippen MR) is 107 cm³/mol. The zero-order valence-corrected chi connectivity index (χ0v) is 15.7. The number of para-hydroxylation sites is 2. The highest BCUT2D eigenvalue weighted by Gasteiger charge is 2.31. The first kappa shape index (κ1) is 19.2. The van der Waals surface area contributed by atoms with Crippen molar-refractivity contribution in [2.24, 2.45) is 0 Å². The van der Waals surface area contributed by atoms with Crippen molar-refractivity contribution in [3.8, 4) is 5.75 Å². The van der Waals surface area contributed by atoms with Gasteiger partial charge in [-0.3, -0.25) is 9.59 Å². The summed E-state index contributed by atoms with van der Waals surface area (Å²) < 4.78 is 5.60. The molecule has 1 aliphatic rings. The smallest absolute Gasteiger partial charge is 0.318 e. The van der Waals surface area contributed by atoms with E-state index in [0.29, 0.717) is 22.8 Å². The molecule has 2 aromatic carbocycles. The average molecular weight is 382 g/mol. The van der Waals surface area contributed by atoms with E-state index >= 15 is 0 Å². The van der Waals surface area contributed by atoms with Crippen LogP contribution in [0.15, 0.2) is 48.5 Å². The lowest BCUT2D eigenvalue weighted by atomic mass is 10.1. The lowest BCUT2D eigenvalue weighted by Gasteiger charge is -2.32. The molecule has 3 rings (SSSR count). The maximum atomic E-state index is 12.4. The Bertz CT molecular complexity index is 882. The number of urea groups is 1. The van der Waals surface area contributed by atoms with Gasteiger partial charge in [-0.05, 0) is 43.3 Å². The molecule has 1 unspecified atom stereocenters. The highest BCUT2D eigenvalue weighted by atomic mass is 16.5. The Balaban J connectivity index is 1.58. The molecular weight excluding hydrogens is 360 g/mol. The van der Waals surface area contributed by atoms with Gasteiger partial charge in [0, 0.05) is 31.4 Å². The van der Waals surface area contributed by atoms with Crippen molar-refractivity contribution in [2.75, 3.05) is 29.1 Å². The van der Waals surface area contributed by atoms with Gasteiger partial charge in [-0.25, -0.2) is 4.79 Å². The van der Waals surface area contributed by atoms with Gasteiger partial charge in [0.1, 0.15) is 5.75 Å². The fraction of sp³-hybridized carbons (Fsp3) is 0.250. The molecule has 8 heteroatoms. The Kier molecular flexibility index (Phi) is 5.78. The summed E-state index contributed by atoms with van der Waals surface area (Å²) in [7, 11) is 1.53. The molecule has 0 aromatic heterocycles. The second kappa shape index (κ2) is 8.43. The first-order chi connectivity index (χ1) is 13.5. The maximum absolute atomic E-state index is 12.4. The normalized spacial score (nSPS) is 15.3. The Morgan fingerprint density at radius 2 is 1.68 bits per heavy atom. The maximum Gasteiger partial charge on any atom is 0.318 e. The number of hydrogen-bond acceptors (Lipinski definition) is 4. The second-order valence-corrected chi connectivity index (χ2v) is 6.30. The summed E-state index contributed by atoms with van der Waals surface area (Å²) in [6, 6.07) is 13.7. The summed E-state index contributed by atoms with van der Waals surface area (Å²) in [6.07, 6.45) is -0.441. The van der Waals surface area contributed by atoms with Crippen LogP contribution in [0.25, 0.3) is 0 Å². The van der Waals surface area contributed by atoms with Crippen molar-refractivity contribution in [1.29, 1.82) is 0 Å². The van der Waals surface area contributed by atoms with Crippen LogP contribution in [0.1, 0.15) is 13.3 Å².